The van der Waals surface area contributed by atoms with Crippen LogP contribution in [0.2, 0.25) is 0 Å². The standard InChI is InChI=1S/C12H16O3/c1-15-12(14)9-5-8-11(13)10-6-3-2-4-7-10/h2-4,6-7,11,13H,5,8-9H2,1H3/t11-/m1/s1. The Morgan fingerprint density at radius 3 is 2.67 bits per heavy atom. The lowest BCUT2D eigenvalue weighted by atomic mass is 10.0. The van der Waals surface area contributed by atoms with E-state index in [1.54, 1.807) is 0 Å². The van der Waals surface area contributed by atoms with Gasteiger partial charge in [0.05, 0.1) is 13.2 Å². The van der Waals surface area contributed by atoms with Crippen molar-refractivity contribution in [1.82, 2.24) is 0 Å². The van der Waals surface area contributed by atoms with Crippen LogP contribution < -0.4 is 0 Å². The van der Waals surface area contributed by atoms with Gasteiger partial charge in [-0.3, -0.25) is 4.79 Å². The van der Waals surface area contributed by atoms with Crippen molar-refractivity contribution in [2.24, 2.45) is 0 Å². The third kappa shape index (κ3) is 4.13. The number of benzene rings is 1. The van der Waals surface area contributed by atoms with Gasteiger partial charge in [0.25, 0.3) is 0 Å². The second-order valence-electron chi connectivity index (χ2n) is 3.39. The minimum atomic E-state index is -0.490. The van der Waals surface area contributed by atoms with E-state index in [0.717, 1.165) is 5.56 Å². The van der Waals surface area contributed by atoms with Gasteiger partial charge in [-0.2, -0.15) is 0 Å². The SMILES string of the molecule is COC(=O)CCC[C@@H](O)c1ccccc1. The summed E-state index contributed by atoms with van der Waals surface area (Å²) in [7, 11) is 1.37. The summed E-state index contributed by atoms with van der Waals surface area (Å²) in [6.07, 6.45) is 1.10. The van der Waals surface area contributed by atoms with Crippen molar-refractivity contribution in [2.75, 3.05) is 7.11 Å². The topological polar surface area (TPSA) is 46.5 Å². The molecule has 0 unspecified atom stereocenters. The first kappa shape index (κ1) is 11.7. The molecule has 15 heavy (non-hydrogen) atoms. The number of aliphatic hydroxyl groups is 1. The molecule has 0 heterocycles. The van der Waals surface area contributed by atoms with E-state index < -0.39 is 6.10 Å². The molecular weight excluding hydrogens is 192 g/mol. The van der Waals surface area contributed by atoms with Gasteiger partial charge in [-0.15, -0.1) is 0 Å². The summed E-state index contributed by atoms with van der Waals surface area (Å²) in [4.78, 5) is 10.8. The third-order valence-corrected chi connectivity index (χ3v) is 2.27. The van der Waals surface area contributed by atoms with Crippen molar-refractivity contribution in [3.05, 3.63) is 35.9 Å². The van der Waals surface area contributed by atoms with Crippen molar-refractivity contribution >= 4 is 5.97 Å². The molecule has 82 valence electrons. The molecule has 3 nitrogen and oxygen atoms in total. The van der Waals surface area contributed by atoms with Crippen LogP contribution in [-0.4, -0.2) is 18.2 Å². The summed E-state index contributed by atoms with van der Waals surface area (Å²) in [5, 5.41) is 9.75. The van der Waals surface area contributed by atoms with Crippen LogP contribution in [0.5, 0.6) is 0 Å². The average Bonchev–Trinajstić information content (AvgIpc) is 2.29. The molecule has 0 saturated carbocycles. The summed E-state index contributed by atoms with van der Waals surface area (Å²) in [6.45, 7) is 0. The second-order valence-corrected chi connectivity index (χ2v) is 3.39. The van der Waals surface area contributed by atoms with Gasteiger partial charge in [-0.05, 0) is 18.4 Å². The minimum absolute atomic E-state index is 0.227. The molecule has 1 N–H and O–H groups in total. The molecule has 3 heteroatoms. The van der Waals surface area contributed by atoms with Crippen LogP contribution in [0.3, 0.4) is 0 Å². The number of methoxy groups -OCH3 is 1. The largest absolute Gasteiger partial charge is 0.469 e. The molecule has 1 aromatic carbocycles. The van der Waals surface area contributed by atoms with Crippen LogP contribution in [0, 0.1) is 0 Å². The number of carbonyl (C=O) groups is 1. The number of rotatable bonds is 5. The number of esters is 1. The number of hydrogen-bond donors (Lipinski definition) is 1. The van der Waals surface area contributed by atoms with Crippen LogP contribution in [0.25, 0.3) is 0 Å². The van der Waals surface area contributed by atoms with Crippen LogP contribution in [0.1, 0.15) is 30.9 Å². The van der Waals surface area contributed by atoms with Gasteiger partial charge in [-0.1, -0.05) is 30.3 Å². The molecule has 0 amide bonds. The van der Waals surface area contributed by atoms with E-state index in [1.165, 1.54) is 7.11 Å². The summed E-state index contributed by atoms with van der Waals surface area (Å²) >= 11 is 0. The second kappa shape index (κ2) is 6.19. The fourth-order valence-electron chi connectivity index (χ4n) is 1.38. The Bertz CT molecular complexity index is 295. The number of ether oxygens (including phenoxy) is 1. The minimum Gasteiger partial charge on any atom is -0.469 e. The third-order valence-electron chi connectivity index (χ3n) is 2.27. The normalized spacial score (nSPS) is 12.1. The molecule has 1 atom stereocenters. The first-order valence-corrected chi connectivity index (χ1v) is 5.04. The first-order chi connectivity index (χ1) is 7.24. The lowest BCUT2D eigenvalue weighted by Gasteiger charge is -2.09. The maximum absolute atomic E-state index is 10.8. The van der Waals surface area contributed by atoms with Gasteiger partial charge >= 0.3 is 5.97 Å². The fraction of sp³-hybridized carbons (Fsp3) is 0.417. The van der Waals surface area contributed by atoms with Crippen molar-refractivity contribution in [3.8, 4) is 0 Å². The van der Waals surface area contributed by atoms with Crippen molar-refractivity contribution in [3.63, 3.8) is 0 Å². The highest BCUT2D eigenvalue weighted by Gasteiger charge is 2.08. The molecule has 1 rings (SSSR count). The van der Waals surface area contributed by atoms with Gasteiger partial charge < -0.3 is 9.84 Å². The molecule has 0 bridgehead atoms. The van der Waals surface area contributed by atoms with E-state index in [4.69, 9.17) is 0 Å². The number of hydrogen-bond acceptors (Lipinski definition) is 3. The zero-order valence-corrected chi connectivity index (χ0v) is 8.85. The molecule has 0 fully saturated rings. The molecular formula is C12H16O3. The highest BCUT2D eigenvalue weighted by molar-refractivity contribution is 5.68. The smallest absolute Gasteiger partial charge is 0.305 e. The van der Waals surface area contributed by atoms with Gasteiger partial charge in [-0.25, -0.2) is 0 Å². The summed E-state index contributed by atoms with van der Waals surface area (Å²) in [5.41, 5.74) is 0.891. The predicted octanol–water partition coefficient (Wildman–Crippen LogP) is 2.06. The van der Waals surface area contributed by atoms with E-state index in [0.29, 0.717) is 19.3 Å². The predicted molar refractivity (Wildman–Crippen MR) is 57.3 cm³/mol. The highest BCUT2D eigenvalue weighted by Crippen LogP contribution is 2.18. The lowest BCUT2D eigenvalue weighted by Crippen LogP contribution is -2.02. The Morgan fingerprint density at radius 2 is 2.07 bits per heavy atom. The van der Waals surface area contributed by atoms with Crippen LogP contribution in [-0.2, 0) is 9.53 Å². The monoisotopic (exact) mass is 208 g/mol. The quantitative estimate of drug-likeness (QED) is 0.753. The van der Waals surface area contributed by atoms with Gasteiger partial charge in [0.1, 0.15) is 0 Å². The molecule has 0 saturated heterocycles. The average molecular weight is 208 g/mol. The van der Waals surface area contributed by atoms with E-state index in [2.05, 4.69) is 4.74 Å². The van der Waals surface area contributed by atoms with Crippen LogP contribution in [0.4, 0.5) is 0 Å². The van der Waals surface area contributed by atoms with E-state index in [1.807, 2.05) is 30.3 Å². The molecule has 0 radical (unpaired) electrons. The van der Waals surface area contributed by atoms with Crippen molar-refractivity contribution < 1.29 is 14.6 Å². The summed E-state index contributed by atoms with van der Waals surface area (Å²) < 4.78 is 4.52. The zero-order valence-electron chi connectivity index (χ0n) is 8.85. The Morgan fingerprint density at radius 1 is 1.40 bits per heavy atom. The van der Waals surface area contributed by atoms with E-state index in [9.17, 15) is 9.90 Å². The van der Waals surface area contributed by atoms with Gasteiger partial charge in [0.15, 0.2) is 0 Å². The molecule has 0 aliphatic rings. The van der Waals surface area contributed by atoms with E-state index in [-0.39, 0.29) is 5.97 Å². The molecule has 1 aromatic rings. The Balaban J connectivity index is 2.31. The number of aliphatic hydroxyl groups excluding tert-OH is 1. The Kier molecular flexibility index (Phi) is 4.84. The first-order valence-electron chi connectivity index (χ1n) is 5.04. The van der Waals surface area contributed by atoms with Crippen LogP contribution in [0.15, 0.2) is 30.3 Å². The number of carbonyl (C=O) groups excluding carboxylic acids is 1. The highest BCUT2D eigenvalue weighted by atomic mass is 16.5. The van der Waals surface area contributed by atoms with Crippen molar-refractivity contribution in [1.29, 1.82) is 0 Å². The molecule has 0 aromatic heterocycles. The molecule has 0 spiro atoms. The maximum Gasteiger partial charge on any atom is 0.305 e. The van der Waals surface area contributed by atoms with Gasteiger partial charge in [0.2, 0.25) is 0 Å². The summed E-state index contributed by atoms with van der Waals surface area (Å²) in [5.74, 6) is -0.227. The van der Waals surface area contributed by atoms with E-state index >= 15 is 0 Å². The maximum atomic E-state index is 10.8. The fourth-order valence-corrected chi connectivity index (χ4v) is 1.38. The zero-order chi connectivity index (χ0) is 11.1. The van der Waals surface area contributed by atoms with Crippen LogP contribution >= 0.6 is 0 Å². The lowest BCUT2D eigenvalue weighted by molar-refractivity contribution is -0.140. The Hall–Kier alpha value is -1.35. The molecule has 0 aliphatic carbocycles. The Labute approximate surface area is 89.7 Å². The van der Waals surface area contributed by atoms with Crippen molar-refractivity contribution in [2.45, 2.75) is 25.4 Å². The summed E-state index contributed by atoms with van der Waals surface area (Å²) in [6, 6.07) is 9.44. The molecule has 0 aliphatic heterocycles. The van der Waals surface area contributed by atoms with Gasteiger partial charge in [0, 0.05) is 6.42 Å².